The van der Waals surface area contributed by atoms with Crippen molar-refractivity contribution in [2.24, 2.45) is 5.92 Å². The van der Waals surface area contributed by atoms with Gasteiger partial charge in [0.1, 0.15) is 11.9 Å². The summed E-state index contributed by atoms with van der Waals surface area (Å²) in [5, 5.41) is 13.5. The number of carbonyl (C=O) groups is 1. The fraction of sp³-hybridized carbons (Fsp3) is 0.480. The molecule has 0 radical (unpaired) electrons. The third-order valence-corrected chi connectivity index (χ3v) is 7.25. The van der Waals surface area contributed by atoms with Gasteiger partial charge in [-0.1, -0.05) is 23.7 Å². The molecule has 1 amide bonds. The lowest BCUT2D eigenvalue weighted by molar-refractivity contribution is -0.135. The molecule has 1 aromatic heterocycles. The predicted molar refractivity (Wildman–Crippen MR) is 125 cm³/mol. The Morgan fingerprint density at radius 2 is 1.81 bits per heavy atom. The van der Waals surface area contributed by atoms with E-state index in [1.54, 1.807) is 12.3 Å². The van der Waals surface area contributed by atoms with E-state index in [0.29, 0.717) is 23.6 Å². The zero-order chi connectivity index (χ0) is 22.1. The molecule has 1 N–H and O–H groups in total. The summed E-state index contributed by atoms with van der Waals surface area (Å²) in [5.74, 6) is 1.54. The third-order valence-electron chi connectivity index (χ3n) is 7.00. The number of nitrogens with one attached hydrogen (secondary N) is 1. The first-order valence-electron chi connectivity index (χ1n) is 11.5. The van der Waals surface area contributed by atoms with Crippen LogP contribution >= 0.6 is 11.6 Å². The molecular weight excluding hydrogens is 422 g/mol. The van der Waals surface area contributed by atoms with Crippen LogP contribution in [-0.2, 0) is 4.79 Å². The minimum atomic E-state index is 0.0650. The molecule has 3 aliphatic rings. The molecule has 0 spiro atoms. The molecule has 2 aromatic rings. The smallest absolute Gasteiger partial charge is 0.225 e. The van der Waals surface area contributed by atoms with Gasteiger partial charge in [-0.2, -0.15) is 5.26 Å². The number of hydrogen-bond acceptors (Lipinski definition) is 5. The topological polar surface area (TPSA) is 72.3 Å². The summed E-state index contributed by atoms with van der Waals surface area (Å²) in [7, 11) is 0. The van der Waals surface area contributed by atoms with Gasteiger partial charge in [-0.15, -0.1) is 0 Å². The van der Waals surface area contributed by atoms with E-state index in [2.05, 4.69) is 38.3 Å². The lowest BCUT2D eigenvalue weighted by Crippen LogP contribution is -2.43. The number of nitrogens with zero attached hydrogens (tertiary/aromatic N) is 4. The van der Waals surface area contributed by atoms with Crippen LogP contribution in [0.15, 0.2) is 42.6 Å². The fourth-order valence-corrected chi connectivity index (χ4v) is 5.13. The first kappa shape index (κ1) is 21.2. The highest BCUT2D eigenvalue weighted by Crippen LogP contribution is 2.33. The Morgan fingerprint density at radius 1 is 1.06 bits per heavy atom. The Morgan fingerprint density at radius 3 is 2.44 bits per heavy atom. The number of pyridine rings is 1. The molecule has 2 saturated heterocycles. The van der Waals surface area contributed by atoms with Gasteiger partial charge in [-0.3, -0.25) is 4.79 Å². The van der Waals surface area contributed by atoms with Crippen LogP contribution in [0.4, 0.5) is 5.82 Å². The van der Waals surface area contributed by atoms with Crippen molar-refractivity contribution in [2.75, 3.05) is 31.1 Å². The van der Waals surface area contributed by atoms with Crippen molar-refractivity contribution in [3.05, 3.63) is 58.7 Å². The summed E-state index contributed by atoms with van der Waals surface area (Å²) in [4.78, 5) is 22.1. The number of nitriles is 1. The van der Waals surface area contributed by atoms with Crippen LogP contribution < -0.4 is 10.2 Å². The van der Waals surface area contributed by atoms with Crippen molar-refractivity contribution < 1.29 is 4.79 Å². The molecule has 0 unspecified atom stereocenters. The van der Waals surface area contributed by atoms with Crippen molar-refractivity contribution in [1.82, 2.24) is 15.2 Å². The summed E-state index contributed by atoms with van der Waals surface area (Å²) in [5.41, 5.74) is 1.82. The second-order valence-corrected chi connectivity index (χ2v) is 9.66. The summed E-state index contributed by atoms with van der Waals surface area (Å²) in [6.45, 7) is 3.17. The molecule has 0 bridgehead atoms. The van der Waals surface area contributed by atoms with Crippen LogP contribution in [0.5, 0.6) is 0 Å². The Hall–Kier alpha value is -2.62. The normalized spacial score (nSPS) is 23.9. The van der Waals surface area contributed by atoms with Gasteiger partial charge in [0, 0.05) is 61.3 Å². The van der Waals surface area contributed by atoms with Crippen molar-refractivity contribution in [1.29, 1.82) is 5.26 Å². The number of amides is 1. The highest BCUT2D eigenvalue weighted by molar-refractivity contribution is 6.30. The summed E-state index contributed by atoms with van der Waals surface area (Å²) >= 11 is 6.10. The molecule has 32 heavy (non-hydrogen) atoms. The monoisotopic (exact) mass is 449 g/mol. The van der Waals surface area contributed by atoms with E-state index < -0.39 is 0 Å². The van der Waals surface area contributed by atoms with Crippen LogP contribution in [-0.4, -0.2) is 54.1 Å². The number of anilines is 1. The third kappa shape index (κ3) is 4.60. The molecule has 6 nitrogen and oxygen atoms in total. The fourth-order valence-electron chi connectivity index (χ4n) is 5.01. The highest BCUT2D eigenvalue weighted by atomic mass is 35.5. The van der Waals surface area contributed by atoms with Gasteiger partial charge in [0.15, 0.2) is 0 Å². The van der Waals surface area contributed by atoms with Gasteiger partial charge in [-0.05, 0) is 55.5 Å². The summed E-state index contributed by atoms with van der Waals surface area (Å²) < 4.78 is 0. The first-order chi connectivity index (χ1) is 15.6. The molecule has 3 fully saturated rings. The number of aromatic nitrogens is 1. The number of benzene rings is 1. The van der Waals surface area contributed by atoms with Gasteiger partial charge >= 0.3 is 0 Å². The van der Waals surface area contributed by atoms with Gasteiger partial charge < -0.3 is 15.1 Å². The minimum absolute atomic E-state index is 0.0650. The van der Waals surface area contributed by atoms with Gasteiger partial charge in [-0.25, -0.2) is 4.98 Å². The number of halogens is 1. The average molecular weight is 450 g/mol. The largest absolute Gasteiger partial charge is 0.357 e. The molecule has 7 heteroatoms. The Bertz CT molecular complexity index is 990. The van der Waals surface area contributed by atoms with Crippen molar-refractivity contribution in [2.45, 2.75) is 43.7 Å². The maximum absolute atomic E-state index is 13.4. The zero-order valence-electron chi connectivity index (χ0n) is 18.1. The molecule has 1 saturated carbocycles. The Kier molecular flexibility index (Phi) is 6.03. The van der Waals surface area contributed by atoms with Crippen LogP contribution in [0.25, 0.3) is 0 Å². The minimum Gasteiger partial charge on any atom is -0.357 e. The van der Waals surface area contributed by atoms with E-state index in [-0.39, 0.29) is 11.8 Å². The van der Waals surface area contributed by atoms with E-state index in [1.807, 2.05) is 18.2 Å². The molecule has 3 heterocycles. The van der Waals surface area contributed by atoms with E-state index in [0.717, 1.165) is 49.9 Å². The van der Waals surface area contributed by atoms with Crippen LogP contribution in [0.2, 0.25) is 5.02 Å². The highest BCUT2D eigenvalue weighted by Gasteiger charge is 2.40. The lowest BCUT2D eigenvalue weighted by Gasteiger charge is -2.34. The number of rotatable bonds is 5. The second-order valence-electron chi connectivity index (χ2n) is 9.23. The van der Waals surface area contributed by atoms with Gasteiger partial charge in [0.05, 0.1) is 5.56 Å². The molecule has 2 aliphatic heterocycles. The molecule has 5 rings (SSSR count). The predicted octanol–water partition coefficient (Wildman–Crippen LogP) is 3.57. The Labute approximate surface area is 194 Å². The van der Waals surface area contributed by atoms with Crippen LogP contribution in [0.1, 0.15) is 42.7 Å². The molecule has 1 aliphatic carbocycles. The number of likely N-dealkylation sites (tertiary alicyclic amines) is 1. The summed E-state index contributed by atoms with van der Waals surface area (Å²) in [6, 6.07) is 14.8. The second kappa shape index (κ2) is 9.09. The van der Waals surface area contributed by atoms with Crippen molar-refractivity contribution >= 4 is 23.3 Å². The van der Waals surface area contributed by atoms with Crippen LogP contribution in [0, 0.1) is 17.2 Å². The maximum atomic E-state index is 13.4. The van der Waals surface area contributed by atoms with E-state index >= 15 is 0 Å². The maximum Gasteiger partial charge on any atom is 0.225 e. The molecule has 2 atom stereocenters. The zero-order valence-corrected chi connectivity index (χ0v) is 18.8. The first-order valence-corrected chi connectivity index (χ1v) is 11.9. The van der Waals surface area contributed by atoms with Crippen molar-refractivity contribution in [3.63, 3.8) is 0 Å². The van der Waals surface area contributed by atoms with Crippen molar-refractivity contribution in [3.8, 4) is 6.07 Å². The quantitative estimate of drug-likeness (QED) is 0.755. The summed E-state index contributed by atoms with van der Waals surface area (Å²) in [6.07, 6.45) is 5.76. The van der Waals surface area contributed by atoms with Gasteiger partial charge in [0.25, 0.3) is 0 Å². The molecule has 166 valence electrons. The number of hydrogen-bond donors (Lipinski definition) is 1. The van der Waals surface area contributed by atoms with Gasteiger partial charge in [0.2, 0.25) is 5.91 Å². The van der Waals surface area contributed by atoms with E-state index in [9.17, 15) is 4.79 Å². The standard InChI is InChI=1S/C25H28ClN5O/c26-20-4-2-18(3-5-20)22-15-31(16-23(22)29-21-6-7-21)25(32)19-9-11-30(12-10-19)24-8-1-17(13-27)14-28-24/h1-5,8,14,19,21-23,29H,6-7,9-12,15-16H2/t22-,23+/m1/s1. The van der Waals surface area contributed by atoms with E-state index in [4.69, 9.17) is 16.9 Å². The molecule has 1 aromatic carbocycles. The SMILES string of the molecule is N#Cc1ccc(N2CCC(C(=O)N3C[C@H](NC4CC4)[C@@H](c4ccc(Cl)cc4)C3)CC2)nc1. The number of carbonyl (C=O) groups excluding carboxylic acids is 1. The molecular formula is C25H28ClN5O. The van der Waals surface area contributed by atoms with E-state index in [1.165, 1.54) is 18.4 Å². The van der Waals surface area contributed by atoms with Crippen LogP contribution in [0.3, 0.4) is 0 Å². The number of piperidine rings is 1. The lowest BCUT2D eigenvalue weighted by atomic mass is 9.94. The Balaban J connectivity index is 1.22. The average Bonchev–Trinajstić information content (AvgIpc) is 3.56.